The van der Waals surface area contributed by atoms with Crippen molar-refractivity contribution in [1.29, 1.82) is 0 Å². The number of nitrogens with one attached hydrogen (secondary N) is 2. The number of ether oxygens (including phenoxy) is 1. The third-order valence-corrected chi connectivity index (χ3v) is 4.69. The molecule has 138 valence electrons. The molecule has 2 aromatic carbocycles. The van der Waals surface area contributed by atoms with Crippen molar-refractivity contribution < 1.29 is 9.84 Å². The van der Waals surface area contributed by atoms with E-state index in [1.165, 1.54) is 0 Å². The molecule has 1 aliphatic heterocycles. The Bertz CT molecular complexity index is 800. The molecule has 0 fully saturated rings. The van der Waals surface area contributed by atoms with Crippen LogP contribution in [0.4, 0.5) is 0 Å². The zero-order chi connectivity index (χ0) is 18.7. The lowest BCUT2D eigenvalue weighted by atomic mass is 9.91. The molecule has 2 aromatic rings. The van der Waals surface area contributed by atoms with E-state index in [4.69, 9.17) is 4.74 Å². The highest BCUT2D eigenvalue weighted by Crippen LogP contribution is 2.34. The Morgan fingerprint density at radius 3 is 2.62 bits per heavy atom. The maximum Gasteiger partial charge on any atom is 0.120 e. The maximum absolute atomic E-state index is 10.3. The molecule has 0 aromatic heterocycles. The van der Waals surface area contributed by atoms with E-state index in [2.05, 4.69) is 43.5 Å². The van der Waals surface area contributed by atoms with E-state index >= 15 is 0 Å². The monoisotopic (exact) mass is 352 g/mol. The smallest absolute Gasteiger partial charge is 0.120 e. The van der Waals surface area contributed by atoms with E-state index in [1.54, 1.807) is 13.2 Å². The Kier molecular flexibility index (Phi) is 5.23. The van der Waals surface area contributed by atoms with Gasteiger partial charge in [-0.1, -0.05) is 44.2 Å². The van der Waals surface area contributed by atoms with Crippen molar-refractivity contribution in [1.82, 2.24) is 10.6 Å². The largest absolute Gasteiger partial charge is 0.508 e. The molecule has 1 aliphatic rings. The second-order valence-electron chi connectivity index (χ2n) is 7.55. The van der Waals surface area contributed by atoms with Gasteiger partial charge in [-0.25, -0.2) is 0 Å². The Balaban J connectivity index is 2.04. The van der Waals surface area contributed by atoms with E-state index in [-0.39, 0.29) is 11.7 Å². The van der Waals surface area contributed by atoms with Crippen LogP contribution in [0.2, 0.25) is 0 Å². The van der Waals surface area contributed by atoms with Crippen LogP contribution in [-0.4, -0.2) is 17.9 Å². The number of hydrogen-bond acceptors (Lipinski definition) is 4. The van der Waals surface area contributed by atoms with Gasteiger partial charge >= 0.3 is 0 Å². The summed E-state index contributed by atoms with van der Waals surface area (Å²) in [6, 6.07) is 15.5. The average Bonchev–Trinajstić information content (AvgIpc) is 2.60. The predicted octanol–water partition coefficient (Wildman–Crippen LogP) is 4.44. The zero-order valence-electron chi connectivity index (χ0n) is 15.9. The first kappa shape index (κ1) is 18.3. The van der Waals surface area contributed by atoms with E-state index in [9.17, 15) is 5.11 Å². The standard InChI is InChI=1S/C22H28N2O2/c1-15(2)14-22(3)23-19(16-8-7-9-17(12-16)26-4)13-20(24-22)18-10-5-6-11-21(18)25/h5-13,15,20,23-25H,14H2,1-4H3. The Hall–Kier alpha value is -2.46. The summed E-state index contributed by atoms with van der Waals surface area (Å²) in [4.78, 5) is 0. The van der Waals surface area contributed by atoms with Crippen molar-refractivity contribution in [2.75, 3.05) is 7.11 Å². The highest BCUT2D eigenvalue weighted by Gasteiger charge is 2.33. The van der Waals surface area contributed by atoms with Crippen molar-refractivity contribution >= 4 is 5.70 Å². The van der Waals surface area contributed by atoms with Crippen molar-refractivity contribution in [2.45, 2.75) is 38.9 Å². The maximum atomic E-state index is 10.3. The summed E-state index contributed by atoms with van der Waals surface area (Å²) in [6.45, 7) is 6.60. The van der Waals surface area contributed by atoms with Crippen molar-refractivity contribution in [2.24, 2.45) is 5.92 Å². The summed E-state index contributed by atoms with van der Waals surface area (Å²) in [5.74, 6) is 1.66. The molecule has 2 atom stereocenters. The SMILES string of the molecule is COc1cccc(C2=CC(c3ccccc3O)NC(C)(CC(C)C)N2)c1. The molecule has 0 saturated carbocycles. The number of phenols is 1. The van der Waals surface area contributed by atoms with E-state index in [1.807, 2.05) is 36.4 Å². The minimum Gasteiger partial charge on any atom is -0.508 e. The number of phenolic OH excluding ortho intramolecular Hbond substituents is 1. The van der Waals surface area contributed by atoms with Gasteiger partial charge < -0.3 is 15.2 Å². The fourth-order valence-electron chi connectivity index (χ4n) is 3.73. The number of methoxy groups -OCH3 is 1. The fraction of sp³-hybridized carbons (Fsp3) is 0.364. The third-order valence-electron chi connectivity index (χ3n) is 4.69. The lowest BCUT2D eigenvalue weighted by Gasteiger charge is -2.42. The van der Waals surface area contributed by atoms with Crippen molar-refractivity contribution in [3.8, 4) is 11.5 Å². The molecule has 0 saturated heterocycles. The second kappa shape index (κ2) is 7.42. The fourth-order valence-corrected chi connectivity index (χ4v) is 3.73. The van der Waals surface area contributed by atoms with Gasteiger partial charge in [0.25, 0.3) is 0 Å². The van der Waals surface area contributed by atoms with Crippen LogP contribution in [-0.2, 0) is 0 Å². The van der Waals surface area contributed by atoms with E-state index in [0.717, 1.165) is 29.0 Å². The lowest BCUT2D eigenvalue weighted by Crippen LogP contribution is -2.57. The zero-order valence-corrected chi connectivity index (χ0v) is 15.9. The van der Waals surface area contributed by atoms with Gasteiger partial charge in [-0.05, 0) is 43.5 Å². The molecule has 0 aliphatic carbocycles. The summed E-state index contributed by atoms with van der Waals surface area (Å²) in [7, 11) is 1.68. The number of benzene rings is 2. The molecule has 0 bridgehead atoms. The third kappa shape index (κ3) is 4.02. The highest BCUT2D eigenvalue weighted by atomic mass is 16.5. The highest BCUT2D eigenvalue weighted by molar-refractivity contribution is 5.68. The normalized spacial score (nSPS) is 22.7. The number of rotatable bonds is 5. The molecule has 2 unspecified atom stereocenters. The molecule has 26 heavy (non-hydrogen) atoms. The molecule has 0 radical (unpaired) electrons. The van der Waals surface area contributed by atoms with Crippen LogP contribution in [0.1, 0.15) is 44.4 Å². The van der Waals surface area contributed by atoms with Crippen molar-refractivity contribution in [3.05, 3.63) is 65.7 Å². The van der Waals surface area contributed by atoms with Crippen LogP contribution < -0.4 is 15.4 Å². The Labute approximate surface area is 155 Å². The molecule has 3 rings (SSSR count). The van der Waals surface area contributed by atoms with Crippen LogP contribution in [0.15, 0.2) is 54.6 Å². The molecule has 0 amide bonds. The second-order valence-corrected chi connectivity index (χ2v) is 7.55. The Morgan fingerprint density at radius 2 is 1.92 bits per heavy atom. The molecule has 0 spiro atoms. The summed E-state index contributed by atoms with van der Waals surface area (Å²) in [5, 5.41) is 17.7. The number of hydrogen-bond donors (Lipinski definition) is 3. The first-order chi connectivity index (χ1) is 12.4. The predicted molar refractivity (Wildman–Crippen MR) is 106 cm³/mol. The van der Waals surface area contributed by atoms with Crippen LogP contribution in [0, 0.1) is 5.92 Å². The summed E-state index contributed by atoms with van der Waals surface area (Å²) >= 11 is 0. The molecule has 1 heterocycles. The first-order valence-electron chi connectivity index (χ1n) is 9.10. The van der Waals surface area contributed by atoms with E-state index < -0.39 is 0 Å². The van der Waals surface area contributed by atoms with Crippen LogP contribution in [0.25, 0.3) is 5.70 Å². The van der Waals surface area contributed by atoms with Gasteiger partial charge in [0.1, 0.15) is 11.5 Å². The molecule has 3 N–H and O–H groups in total. The molecular formula is C22H28N2O2. The lowest BCUT2D eigenvalue weighted by molar-refractivity contribution is 0.238. The molecular weight excluding hydrogens is 324 g/mol. The quantitative estimate of drug-likeness (QED) is 0.745. The molecule has 4 nitrogen and oxygen atoms in total. The van der Waals surface area contributed by atoms with Gasteiger partial charge in [-0.3, -0.25) is 5.32 Å². The van der Waals surface area contributed by atoms with Crippen LogP contribution >= 0.6 is 0 Å². The van der Waals surface area contributed by atoms with Gasteiger partial charge in [-0.15, -0.1) is 0 Å². The van der Waals surface area contributed by atoms with Gasteiger partial charge in [-0.2, -0.15) is 0 Å². The Morgan fingerprint density at radius 1 is 1.15 bits per heavy atom. The average molecular weight is 352 g/mol. The van der Waals surface area contributed by atoms with E-state index in [0.29, 0.717) is 11.7 Å². The first-order valence-corrected chi connectivity index (χ1v) is 9.10. The number of para-hydroxylation sites is 1. The number of aromatic hydroxyl groups is 1. The topological polar surface area (TPSA) is 53.5 Å². The van der Waals surface area contributed by atoms with Crippen molar-refractivity contribution in [3.63, 3.8) is 0 Å². The minimum absolute atomic E-state index is 0.0811. The minimum atomic E-state index is -0.283. The van der Waals surface area contributed by atoms with Gasteiger partial charge in [0.15, 0.2) is 0 Å². The summed E-state index contributed by atoms with van der Waals surface area (Å²) < 4.78 is 5.38. The molecule has 4 heteroatoms. The van der Waals surface area contributed by atoms with Crippen LogP contribution in [0.3, 0.4) is 0 Å². The van der Waals surface area contributed by atoms with Crippen LogP contribution in [0.5, 0.6) is 11.5 Å². The van der Waals surface area contributed by atoms with Gasteiger partial charge in [0.2, 0.25) is 0 Å². The van der Waals surface area contributed by atoms with Gasteiger partial charge in [0, 0.05) is 16.8 Å². The summed E-state index contributed by atoms with van der Waals surface area (Å²) in [6.07, 6.45) is 3.09. The summed E-state index contributed by atoms with van der Waals surface area (Å²) in [5.41, 5.74) is 2.71. The van der Waals surface area contributed by atoms with Gasteiger partial charge in [0.05, 0.1) is 18.8 Å².